The summed E-state index contributed by atoms with van der Waals surface area (Å²) in [6.07, 6.45) is 0. The Kier molecular flexibility index (Phi) is 5.35. The largest absolute Gasteiger partial charge is 0.510 e. The third kappa shape index (κ3) is 4.00. The average molecular weight is 294 g/mol. The predicted octanol–water partition coefficient (Wildman–Crippen LogP) is 2.22. The Hall–Kier alpha value is -2.97. The number of aliphatic hydroxyl groups excluding tert-OH is 1. The quantitative estimate of drug-likeness (QED) is 0.283. The SMILES string of the molecule is CNC(=O)/C(N=Nc1cc([N+](=O)[O-])ccc1OC)=C(\C)O. The third-order valence-electron chi connectivity index (χ3n) is 2.42. The summed E-state index contributed by atoms with van der Waals surface area (Å²) >= 11 is 0. The number of nitrogens with one attached hydrogen (secondary N) is 1. The molecule has 9 heteroatoms. The molecule has 0 radical (unpaired) electrons. The number of nitro benzene ring substituents is 1. The van der Waals surface area contributed by atoms with Gasteiger partial charge in [-0.05, 0) is 13.0 Å². The fraction of sp³-hybridized carbons (Fsp3) is 0.250. The number of nitrogens with zero attached hydrogens (tertiary/aromatic N) is 3. The second kappa shape index (κ2) is 6.98. The number of carbonyl (C=O) groups excluding carboxylic acids is 1. The molecule has 0 aliphatic carbocycles. The lowest BCUT2D eigenvalue weighted by molar-refractivity contribution is -0.384. The van der Waals surface area contributed by atoms with Crippen LogP contribution in [0.15, 0.2) is 39.9 Å². The van der Waals surface area contributed by atoms with Gasteiger partial charge in [-0.25, -0.2) is 0 Å². The van der Waals surface area contributed by atoms with Crippen molar-refractivity contribution in [3.05, 3.63) is 39.8 Å². The lowest BCUT2D eigenvalue weighted by atomic mass is 10.2. The number of amides is 1. The summed E-state index contributed by atoms with van der Waals surface area (Å²) in [6, 6.07) is 3.77. The molecule has 2 N–H and O–H groups in total. The lowest BCUT2D eigenvalue weighted by Crippen LogP contribution is -2.20. The molecule has 0 unspecified atom stereocenters. The Bertz CT molecular complexity index is 620. The Morgan fingerprint density at radius 3 is 2.62 bits per heavy atom. The maximum absolute atomic E-state index is 11.5. The van der Waals surface area contributed by atoms with Crippen LogP contribution in [0.3, 0.4) is 0 Å². The summed E-state index contributed by atoms with van der Waals surface area (Å²) in [5.41, 5.74) is -0.434. The van der Waals surface area contributed by atoms with Crippen molar-refractivity contribution in [2.45, 2.75) is 6.92 Å². The molecule has 0 fully saturated rings. The zero-order valence-corrected chi connectivity index (χ0v) is 11.7. The summed E-state index contributed by atoms with van der Waals surface area (Å²) in [4.78, 5) is 21.6. The van der Waals surface area contributed by atoms with Gasteiger partial charge in [-0.3, -0.25) is 14.9 Å². The van der Waals surface area contributed by atoms with Crippen LogP contribution in [-0.4, -0.2) is 30.1 Å². The summed E-state index contributed by atoms with van der Waals surface area (Å²) in [5, 5.41) is 29.8. The van der Waals surface area contributed by atoms with Crippen molar-refractivity contribution >= 4 is 17.3 Å². The number of rotatable bonds is 5. The van der Waals surface area contributed by atoms with E-state index in [9.17, 15) is 20.0 Å². The van der Waals surface area contributed by atoms with E-state index in [1.807, 2.05) is 0 Å². The van der Waals surface area contributed by atoms with Crippen LogP contribution in [0.4, 0.5) is 11.4 Å². The number of benzene rings is 1. The predicted molar refractivity (Wildman–Crippen MR) is 73.6 cm³/mol. The number of aliphatic hydroxyl groups is 1. The van der Waals surface area contributed by atoms with Crippen LogP contribution in [0, 0.1) is 10.1 Å². The molecular formula is C12H14N4O5. The maximum Gasteiger partial charge on any atom is 0.275 e. The molecule has 0 heterocycles. The minimum atomic E-state index is -0.636. The lowest BCUT2D eigenvalue weighted by Gasteiger charge is -2.04. The van der Waals surface area contributed by atoms with Gasteiger partial charge < -0.3 is 15.2 Å². The fourth-order valence-electron chi connectivity index (χ4n) is 1.37. The van der Waals surface area contributed by atoms with Gasteiger partial charge in [0.05, 0.1) is 12.0 Å². The molecule has 1 aromatic rings. The zero-order valence-electron chi connectivity index (χ0n) is 11.7. The van der Waals surface area contributed by atoms with Gasteiger partial charge in [0, 0.05) is 19.2 Å². The number of methoxy groups -OCH3 is 1. The van der Waals surface area contributed by atoms with Crippen molar-refractivity contribution in [3.8, 4) is 5.75 Å². The molecule has 9 nitrogen and oxygen atoms in total. The molecular weight excluding hydrogens is 280 g/mol. The van der Waals surface area contributed by atoms with E-state index in [-0.39, 0.29) is 28.6 Å². The van der Waals surface area contributed by atoms with Crippen LogP contribution in [-0.2, 0) is 4.79 Å². The van der Waals surface area contributed by atoms with Crippen LogP contribution in [0.1, 0.15) is 6.92 Å². The van der Waals surface area contributed by atoms with Gasteiger partial charge in [-0.2, -0.15) is 0 Å². The number of nitro groups is 1. The first-order valence-electron chi connectivity index (χ1n) is 5.76. The van der Waals surface area contributed by atoms with Crippen molar-refractivity contribution in [3.63, 3.8) is 0 Å². The average Bonchev–Trinajstić information content (AvgIpc) is 2.46. The molecule has 0 saturated carbocycles. The fourth-order valence-corrected chi connectivity index (χ4v) is 1.37. The minimum absolute atomic E-state index is 0.0642. The highest BCUT2D eigenvalue weighted by Gasteiger charge is 2.13. The van der Waals surface area contributed by atoms with Gasteiger partial charge in [0.25, 0.3) is 11.6 Å². The first-order chi connectivity index (χ1) is 9.90. The molecule has 0 saturated heterocycles. The van der Waals surface area contributed by atoms with Crippen LogP contribution < -0.4 is 10.1 Å². The Morgan fingerprint density at radius 1 is 1.48 bits per heavy atom. The molecule has 0 aliphatic rings. The van der Waals surface area contributed by atoms with Gasteiger partial charge >= 0.3 is 0 Å². The van der Waals surface area contributed by atoms with Crippen LogP contribution >= 0.6 is 0 Å². The van der Waals surface area contributed by atoms with Crippen molar-refractivity contribution < 1.29 is 19.6 Å². The molecule has 1 aromatic carbocycles. The van der Waals surface area contributed by atoms with E-state index in [0.29, 0.717) is 0 Å². The molecule has 112 valence electrons. The van der Waals surface area contributed by atoms with E-state index in [1.54, 1.807) is 0 Å². The zero-order chi connectivity index (χ0) is 16.0. The topological polar surface area (TPSA) is 126 Å². The molecule has 1 amide bonds. The molecule has 0 atom stereocenters. The molecule has 1 rings (SSSR count). The molecule has 21 heavy (non-hydrogen) atoms. The van der Waals surface area contributed by atoms with Gasteiger partial charge in [0.2, 0.25) is 0 Å². The number of azo groups is 1. The molecule has 0 spiro atoms. The van der Waals surface area contributed by atoms with Crippen LogP contribution in [0.25, 0.3) is 0 Å². The van der Waals surface area contributed by atoms with E-state index >= 15 is 0 Å². The monoisotopic (exact) mass is 294 g/mol. The minimum Gasteiger partial charge on any atom is -0.510 e. The van der Waals surface area contributed by atoms with Crippen LogP contribution in [0.2, 0.25) is 0 Å². The van der Waals surface area contributed by atoms with Crippen molar-refractivity contribution in [2.75, 3.05) is 14.2 Å². The number of hydrogen-bond donors (Lipinski definition) is 2. The van der Waals surface area contributed by atoms with Crippen molar-refractivity contribution in [2.24, 2.45) is 10.2 Å². The Balaban J connectivity index is 3.24. The number of hydrogen-bond acceptors (Lipinski definition) is 7. The molecule has 0 bridgehead atoms. The van der Waals surface area contributed by atoms with Gasteiger partial charge in [-0.1, -0.05) is 0 Å². The summed E-state index contributed by atoms with van der Waals surface area (Å²) < 4.78 is 5.00. The van der Waals surface area contributed by atoms with Gasteiger partial charge in [0.15, 0.2) is 5.70 Å². The maximum atomic E-state index is 11.5. The smallest absolute Gasteiger partial charge is 0.275 e. The van der Waals surface area contributed by atoms with E-state index in [2.05, 4.69) is 15.5 Å². The summed E-state index contributed by atoms with van der Waals surface area (Å²) in [7, 11) is 2.74. The number of ether oxygens (including phenoxy) is 1. The summed E-state index contributed by atoms with van der Waals surface area (Å²) in [6.45, 7) is 1.27. The number of allylic oxidation sites excluding steroid dienone is 1. The first kappa shape index (κ1) is 16.1. The third-order valence-corrected chi connectivity index (χ3v) is 2.42. The number of non-ortho nitro benzene ring substituents is 1. The van der Waals surface area contributed by atoms with Gasteiger partial charge in [0.1, 0.15) is 17.2 Å². The first-order valence-corrected chi connectivity index (χ1v) is 5.76. The van der Waals surface area contributed by atoms with E-state index in [1.165, 1.54) is 33.2 Å². The highest BCUT2D eigenvalue weighted by molar-refractivity contribution is 5.93. The van der Waals surface area contributed by atoms with Gasteiger partial charge in [-0.15, -0.1) is 10.2 Å². The summed E-state index contributed by atoms with van der Waals surface area (Å²) in [5.74, 6) is -0.721. The number of likely N-dealkylation sites (N-methyl/N-ethyl adjacent to an activating group) is 1. The number of carbonyl (C=O) groups is 1. The van der Waals surface area contributed by atoms with E-state index < -0.39 is 10.8 Å². The second-order valence-corrected chi connectivity index (χ2v) is 3.83. The van der Waals surface area contributed by atoms with Crippen LogP contribution in [0.5, 0.6) is 5.75 Å². The highest BCUT2D eigenvalue weighted by Crippen LogP contribution is 2.32. The van der Waals surface area contributed by atoms with E-state index in [4.69, 9.17) is 4.74 Å². The molecule has 0 aliphatic heterocycles. The Labute approximate surface area is 120 Å². The molecule has 0 aromatic heterocycles. The van der Waals surface area contributed by atoms with Crippen molar-refractivity contribution in [1.29, 1.82) is 0 Å². The van der Waals surface area contributed by atoms with E-state index in [0.717, 1.165) is 6.07 Å². The Morgan fingerprint density at radius 2 is 2.14 bits per heavy atom. The standard InChI is InChI=1S/C12H14N4O5/c1-7(17)11(12(18)13-2)15-14-9-6-8(16(19)20)4-5-10(9)21-3/h4-6,17H,1-3H3,(H,13,18)/b11-7-,15-14?. The second-order valence-electron chi connectivity index (χ2n) is 3.83. The highest BCUT2D eigenvalue weighted by atomic mass is 16.6. The normalized spacial score (nSPS) is 12.0. The van der Waals surface area contributed by atoms with Crippen molar-refractivity contribution in [1.82, 2.24) is 5.32 Å².